The van der Waals surface area contributed by atoms with E-state index in [0.29, 0.717) is 6.04 Å². The van der Waals surface area contributed by atoms with Crippen LogP contribution in [0.3, 0.4) is 0 Å². The van der Waals surface area contributed by atoms with Crippen LogP contribution >= 0.6 is 0 Å². The Bertz CT molecular complexity index is 256. The average molecular weight is 223 g/mol. The molecule has 0 radical (unpaired) electrons. The van der Waals surface area contributed by atoms with E-state index in [9.17, 15) is 0 Å². The molecule has 0 spiro atoms. The summed E-state index contributed by atoms with van der Waals surface area (Å²) in [5, 5.41) is 3.59. The van der Waals surface area contributed by atoms with E-state index < -0.39 is 0 Å². The number of hydrogen-bond donors (Lipinski definition) is 1. The SMILES string of the molecule is CCCC(C)CNC(C)CCc1ccco1. The van der Waals surface area contributed by atoms with Gasteiger partial charge in [0, 0.05) is 12.5 Å². The number of hydrogen-bond acceptors (Lipinski definition) is 2. The van der Waals surface area contributed by atoms with Crippen LogP contribution in [0.4, 0.5) is 0 Å². The van der Waals surface area contributed by atoms with Crippen molar-refractivity contribution in [3.63, 3.8) is 0 Å². The Morgan fingerprint density at radius 3 is 2.75 bits per heavy atom. The number of rotatable bonds is 8. The van der Waals surface area contributed by atoms with Crippen molar-refractivity contribution in [3.8, 4) is 0 Å². The molecule has 0 fully saturated rings. The second kappa shape index (κ2) is 7.50. The summed E-state index contributed by atoms with van der Waals surface area (Å²) >= 11 is 0. The maximum absolute atomic E-state index is 5.32. The Balaban J connectivity index is 2.09. The summed E-state index contributed by atoms with van der Waals surface area (Å²) in [6.07, 6.45) is 6.52. The van der Waals surface area contributed by atoms with E-state index in [4.69, 9.17) is 4.42 Å². The molecule has 2 unspecified atom stereocenters. The second-order valence-corrected chi connectivity index (χ2v) is 4.82. The fourth-order valence-electron chi connectivity index (χ4n) is 1.91. The molecular formula is C14H25NO. The molecule has 0 aliphatic heterocycles. The molecule has 2 nitrogen and oxygen atoms in total. The van der Waals surface area contributed by atoms with Crippen LogP contribution in [-0.4, -0.2) is 12.6 Å². The number of nitrogens with one attached hydrogen (secondary N) is 1. The Morgan fingerprint density at radius 2 is 2.12 bits per heavy atom. The predicted molar refractivity (Wildman–Crippen MR) is 68.6 cm³/mol. The van der Waals surface area contributed by atoms with E-state index in [0.717, 1.165) is 31.1 Å². The van der Waals surface area contributed by atoms with E-state index >= 15 is 0 Å². The molecule has 1 aromatic rings. The van der Waals surface area contributed by atoms with Crippen LogP contribution in [-0.2, 0) is 6.42 Å². The van der Waals surface area contributed by atoms with Gasteiger partial charge in [0.2, 0.25) is 0 Å². The lowest BCUT2D eigenvalue weighted by Crippen LogP contribution is -2.30. The summed E-state index contributed by atoms with van der Waals surface area (Å²) in [5.41, 5.74) is 0. The van der Waals surface area contributed by atoms with Gasteiger partial charge in [0.1, 0.15) is 5.76 Å². The lowest BCUT2D eigenvalue weighted by atomic mass is 10.1. The van der Waals surface area contributed by atoms with Crippen molar-refractivity contribution in [2.45, 2.75) is 52.5 Å². The molecule has 0 aliphatic carbocycles. The van der Waals surface area contributed by atoms with Crippen LogP contribution in [0.15, 0.2) is 22.8 Å². The first kappa shape index (κ1) is 13.3. The van der Waals surface area contributed by atoms with E-state index in [-0.39, 0.29) is 0 Å². The minimum Gasteiger partial charge on any atom is -0.469 e. The number of aryl methyl sites for hydroxylation is 1. The fourth-order valence-corrected chi connectivity index (χ4v) is 1.91. The Morgan fingerprint density at radius 1 is 1.31 bits per heavy atom. The van der Waals surface area contributed by atoms with E-state index in [2.05, 4.69) is 26.1 Å². The topological polar surface area (TPSA) is 25.2 Å². The smallest absolute Gasteiger partial charge is 0.103 e. The Labute approximate surface area is 99.4 Å². The summed E-state index contributed by atoms with van der Waals surface area (Å²) in [5.74, 6) is 1.88. The molecule has 2 atom stereocenters. The molecule has 1 rings (SSSR count). The standard InChI is InChI=1S/C14H25NO/c1-4-6-12(2)11-15-13(3)8-9-14-7-5-10-16-14/h5,7,10,12-13,15H,4,6,8-9,11H2,1-3H3. The molecule has 0 bridgehead atoms. The van der Waals surface area contributed by atoms with Crippen molar-refractivity contribution < 1.29 is 4.42 Å². The molecular weight excluding hydrogens is 198 g/mol. The van der Waals surface area contributed by atoms with Crippen LogP contribution in [0.2, 0.25) is 0 Å². The van der Waals surface area contributed by atoms with Gasteiger partial charge in [-0.05, 0) is 44.4 Å². The van der Waals surface area contributed by atoms with Gasteiger partial charge >= 0.3 is 0 Å². The van der Waals surface area contributed by atoms with Gasteiger partial charge in [-0.3, -0.25) is 0 Å². The van der Waals surface area contributed by atoms with Crippen molar-refractivity contribution in [2.24, 2.45) is 5.92 Å². The van der Waals surface area contributed by atoms with Gasteiger partial charge in [-0.15, -0.1) is 0 Å². The fraction of sp³-hybridized carbons (Fsp3) is 0.714. The lowest BCUT2D eigenvalue weighted by Gasteiger charge is -2.16. The van der Waals surface area contributed by atoms with Crippen LogP contribution in [0.5, 0.6) is 0 Å². The first-order chi connectivity index (χ1) is 7.72. The molecule has 1 N–H and O–H groups in total. The van der Waals surface area contributed by atoms with E-state index in [1.54, 1.807) is 6.26 Å². The minimum absolute atomic E-state index is 0.574. The van der Waals surface area contributed by atoms with Crippen molar-refractivity contribution in [1.29, 1.82) is 0 Å². The van der Waals surface area contributed by atoms with Gasteiger partial charge in [-0.1, -0.05) is 20.3 Å². The molecule has 0 aliphatic rings. The monoisotopic (exact) mass is 223 g/mol. The van der Waals surface area contributed by atoms with Crippen LogP contribution < -0.4 is 5.32 Å². The molecule has 1 aromatic heterocycles. The van der Waals surface area contributed by atoms with Gasteiger partial charge in [0.15, 0.2) is 0 Å². The van der Waals surface area contributed by atoms with Gasteiger partial charge in [0.05, 0.1) is 6.26 Å². The van der Waals surface area contributed by atoms with Crippen LogP contribution in [0, 0.1) is 5.92 Å². The van der Waals surface area contributed by atoms with Crippen molar-refractivity contribution in [3.05, 3.63) is 24.2 Å². The maximum atomic E-state index is 5.32. The molecule has 92 valence electrons. The highest BCUT2D eigenvalue weighted by atomic mass is 16.3. The van der Waals surface area contributed by atoms with Gasteiger partial charge in [0.25, 0.3) is 0 Å². The highest BCUT2D eigenvalue weighted by molar-refractivity contribution is 4.98. The maximum Gasteiger partial charge on any atom is 0.103 e. The quantitative estimate of drug-likeness (QED) is 0.728. The summed E-state index contributed by atoms with van der Waals surface area (Å²) in [4.78, 5) is 0. The second-order valence-electron chi connectivity index (χ2n) is 4.82. The van der Waals surface area contributed by atoms with Crippen LogP contribution in [0.1, 0.15) is 45.8 Å². The first-order valence-corrected chi connectivity index (χ1v) is 6.48. The molecule has 0 aromatic carbocycles. The highest BCUT2D eigenvalue weighted by Gasteiger charge is 2.06. The molecule has 0 saturated carbocycles. The third kappa shape index (κ3) is 5.36. The van der Waals surface area contributed by atoms with Gasteiger partial charge in [-0.25, -0.2) is 0 Å². The van der Waals surface area contributed by atoms with Crippen LogP contribution in [0.25, 0.3) is 0 Å². The average Bonchev–Trinajstić information content (AvgIpc) is 2.77. The summed E-state index contributed by atoms with van der Waals surface area (Å²) < 4.78 is 5.32. The summed E-state index contributed by atoms with van der Waals surface area (Å²) in [6, 6.07) is 4.58. The summed E-state index contributed by atoms with van der Waals surface area (Å²) in [7, 11) is 0. The zero-order valence-electron chi connectivity index (χ0n) is 10.8. The highest BCUT2D eigenvalue weighted by Crippen LogP contribution is 2.07. The molecule has 0 amide bonds. The molecule has 2 heteroatoms. The zero-order chi connectivity index (χ0) is 11.8. The van der Waals surface area contributed by atoms with Crippen molar-refractivity contribution >= 4 is 0 Å². The number of furan rings is 1. The minimum atomic E-state index is 0.574. The first-order valence-electron chi connectivity index (χ1n) is 6.48. The van der Waals surface area contributed by atoms with Gasteiger partial charge in [-0.2, -0.15) is 0 Å². The van der Waals surface area contributed by atoms with E-state index in [1.165, 1.54) is 12.8 Å². The van der Waals surface area contributed by atoms with Gasteiger partial charge < -0.3 is 9.73 Å². The van der Waals surface area contributed by atoms with Crippen molar-refractivity contribution in [2.75, 3.05) is 6.54 Å². The molecule has 16 heavy (non-hydrogen) atoms. The zero-order valence-corrected chi connectivity index (χ0v) is 10.8. The van der Waals surface area contributed by atoms with E-state index in [1.807, 2.05) is 12.1 Å². The third-order valence-corrected chi connectivity index (χ3v) is 3.00. The molecule has 1 heterocycles. The largest absolute Gasteiger partial charge is 0.469 e. The predicted octanol–water partition coefficient (Wildman–Crippen LogP) is 3.63. The Hall–Kier alpha value is -0.760. The normalized spacial score (nSPS) is 14.9. The third-order valence-electron chi connectivity index (χ3n) is 3.00. The molecule has 0 saturated heterocycles. The lowest BCUT2D eigenvalue weighted by molar-refractivity contribution is 0.413. The van der Waals surface area contributed by atoms with Crippen molar-refractivity contribution in [1.82, 2.24) is 5.32 Å². The Kier molecular flexibility index (Phi) is 6.24. The summed E-state index contributed by atoms with van der Waals surface area (Å²) in [6.45, 7) is 7.95.